The summed E-state index contributed by atoms with van der Waals surface area (Å²) in [5.41, 5.74) is 3.42. The highest BCUT2D eigenvalue weighted by molar-refractivity contribution is 9.10. The first-order valence-electron chi connectivity index (χ1n) is 5.87. The molecule has 0 bridgehead atoms. The highest BCUT2D eigenvalue weighted by atomic mass is 79.9. The highest BCUT2D eigenvalue weighted by Crippen LogP contribution is 2.29. The summed E-state index contributed by atoms with van der Waals surface area (Å²) < 4.78 is 6.49. The van der Waals surface area contributed by atoms with Crippen molar-refractivity contribution >= 4 is 27.4 Å². The van der Waals surface area contributed by atoms with E-state index < -0.39 is 0 Å². The van der Waals surface area contributed by atoms with Gasteiger partial charge in [-0.05, 0) is 58.2 Å². The van der Waals surface area contributed by atoms with Gasteiger partial charge in [-0.1, -0.05) is 0 Å². The van der Waals surface area contributed by atoms with Crippen molar-refractivity contribution < 1.29 is 4.74 Å². The van der Waals surface area contributed by atoms with Crippen LogP contribution in [0.2, 0.25) is 0 Å². The third-order valence-electron chi connectivity index (χ3n) is 3.00. The molecule has 4 heteroatoms. The maximum Gasteiger partial charge on any atom is 0.133 e. The van der Waals surface area contributed by atoms with E-state index in [-0.39, 0.29) is 0 Å². The van der Waals surface area contributed by atoms with E-state index in [1.807, 2.05) is 25.1 Å². The fourth-order valence-electron chi connectivity index (χ4n) is 2.07. The quantitative estimate of drug-likeness (QED) is 0.915. The van der Waals surface area contributed by atoms with Crippen molar-refractivity contribution in [3.63, 3.8) is 0 Å². The predicted octanol–water partition coefficient (Wildman–Crippen LogP) is 3.83. The number of ether oxygens (including phenoxy) is 1. The summed E-state index contributed by atoms with van der Waals surface area (Å²) in [5.74, 6) is 1.89. The molecule has 0 spiro atoms. The molecule has 1 aromatic heterocycles. The van der Waals surface area contributed by atoms with Crippen molar-refractivity contribution in [3.05, 3.63) is 46.1 Å². The molecular formula is C14H13BrN2O. The third kappa shape index (κ3) is 2.20. The Balaban J connectivity index is 1.88. The maximum atomic E-state index is 5.49. The SMILES string of the molecule is Cc1cc(Br)cnc1Nc1ccc2c(c1)CCO2. The van der Waals surface area contributed by atoms with Crippen LogP contribution in [0.4, 0.5) is 11.5 Å². The second kappa shape index (κ2) is 4.61. The summed E-state index contributed by atoms with van der Waals surface area (Å²) in [4.78, 5) is 4.38. The first-order valence-corrected chi connectivity index (χ1v) is 6.66. The molecule has 0 radical (unpaired) electrons. The Morgan fingerprint density at radius 3 is 3.06 bits per heavy atom. The molecule has 0 fully saturated rings. The fourth-order valence-corrected chi connectivity index (χ4v) is 2.52. The molecule has 0 aliphatic carbocycles. The smallest absolute Gasteiger partial charge is 0.133 e. The Bertz CT molecular complexity index is 598. The molecular weight excluding hydrogens is 292 g/mol. The molecule has 1 aliphatic rings. The Morgan fingerprint density at radius 2 is 2.22 bits per heavy atom. The summed E-state index contributed by atoms with van der Waals surface area (Å²) in [5, 5.41) is 3.34. The number of benzene rings is 1. The predicted molar refractivity (Wildman–Crippen MR) is 75.6 cm³/mol. The zero-order valence-electron chi connectivity index (χ0n) is 10.0. The third-order valence-corrected chi connectivity index (χ3v) is 3.43. The van der Waals surface area contributed by atoms with Gasteiger partial charge in [-0.25, -0.2) is 4.98 Å². The van der Waals surface area contributed by atoms with Crippen LogP contribution in [0, 0.1) is 6.92 Å². The van der Waals surface area contributed by atoms with Gasteiger partial charge in [0.05, 0.1) is 6.61 Å². The molecule has 1 aromatic carbocycles. The Morgan fingerprint density at radius 1 is 1.33 bits per heavy atom. The molecule has 0 saturated carbocycles. The van der Waals surface area contributed by atoms with Gasteiger partial charge in [-0.15, -0.1) is 0 Å². The monoisotopic (exact) mass is 304 g/mol. The number of hydrogen-bond donors (Lipinski definition) is 1. The van der Waals surface area contributed by atoms with Crippen LogP contribution in [0.15, 0.2) is 34.9 Å². The average molecular weight is 305 g/mol. The standard InChI is InChI=1S/C14H13BrN2O/c1-9-6-11(15)8-16-14(9)17-12-2-3-13-10(7-12)4-5-18-13/h2-3,6-8H,4-5H2,1H3,(H,16,17). The van der Waals surface area contributed by atoms with E-state index in [4.69, 9.17) is 4.74 Å². The second-order valence-electron chi connectivity index (χ2n) is 4.37. The van der Waals surface area contributed by atoms with Gasteiger partial charge >= 0.3 is 0 Å². The molecule has 1 N–H and O–H groups in total. The molecule has 0 unspecified atom stereocenters. The summed E-state index contributed by atoms with van der Waals surface area (Å²) >= 11 is 3.42. The fraction of sp³-hybridized carbons (Fsp3) is 0.214. The van der Waals surface area contributed by atoms with Gasteiger partial charge in [0.2, 0.25) is 0 Å². The van der Waals surface area contributed by atoms with Crippen molar-refractivity contribution in [3.8, 4) is 5.75 Å². The molecule has 0 atom stereocenters. The number of aromatic nitrogens is 1. The number of hydrogen-bond acceptors (Lipinski definition) is 3. The van der Waals surface area contributed by atoms with E-state index >= 15 is 0 Å². The van der Waals surface area contributed by atoms with E-state index in [1.165, 1.54) is 5.56 Å². The molecule has 0 saturated heterocycles. The number of halogens is 1. The minimum absolute atomic E-state index is 0.786. The van der Waals surface area contributed by atoms with E-state index in [0.717, 1.165) is 40.3 Å². The van der Waals surface area contributed by atoms with Crippen molar-refractivity contribution in [2.24, 2.45) is 0 Å². The normalized spacial score (nSPS) is 13.0. The number of nitrogens with one attached hydrogen (secondary N) is 1. The molecule has 92 valence electrons. The zero-order valence-corrected chi connectivity index (χ0v) is 11.6. The highest BCUT2D eigenvalue weighted by Gasteiger charge is 2.12. The van der Waals surface area contributed by atoms with Gasteiger partial charge in [-0.2, -0.15) is 0 Å². The van der Waals surface area contributed by atoms with Crippen LogP contribution < -0.4 is 10.1 Å². The van der Waals surface area contributed by atoms with Crippen LogP contribution in [0.1, 0.15) is 11.1 Å². The van der Waals surface area contributed by atoms with Gasteiger partial charge in [0.15, 0.2) is 0 Å². The largest absolute Gasteiger partial charge is 0.493 e. The lowest BCUT2D eigenvalue weighted by Gasteiger charge is -2.09. The summed E-state index contributed by atoms with van der Waals surface area (Å²) in [7, 11) is 0. The van der Waals surface area contributed by atoms with Crippen molar-refractivity contribution in [1.29, 1.82) is 0 Å². The first-order chi connectivity index (χ1) is 8.72. The van der Waals surface area contributed by atoms with E-state index in [1.54, 1.807) is 6.20 Å². The number of anilines is 2. The van der Waals surface area contributed by atoms with Crippen molar-refractivity contribution in [2.75, 3.05) is 11.9 Å². The molecule has 2 heterocycles. The van der Waals surface area contributed by atoms with Crippen LogP contribution in [0.5, 0.6) is 5.75 Å². The lowest BCUT2D eigenvalue weighted by molar-refractivity contribution is 0.357. The Hall–Kier alpha value is -1.55. The summed E-state index contributed by atoms with van der Waals surface area (Å²) in [6, 6.07) is 8.21. The summed E-state index contributed by atoms with van der Waals surface area (Å²) in [6.45, 7) is 2.82. The van der Waals surface area contributed by atoms with Gasteiger partial charge < -0.3 is 10.1 Å². The molecule has 18 heavy (non-hydrogen) atoms. The molecule has 1 aliphatic heterocycles. The van der Waals surface area contributed by atoms with Crippen LogP contribution in [0.3, 0.4) is 0 Å². The van der Waals surface area contributed by atoms with E-state index in [9.17, 15) is 0 Å². The number of pyridine rings is 1. The van der Waals surface area contributed by atoms with Crippen LogP contribution in [-0.4, -0.2) is 11.6 Å². The Labute approximate surface area is 114 Å². The second-order valence-corrected chi connectivity index (χ2v) is 5.28. The molecule has 0 amide bonds. The van der Waals surface area contributed by atoms with Gasteiger partial charge in [0, 0.05) is 22.8 Å². The van der Waals surface area contributed by atoms with Gasteiger partial charge in [0.25, 0.3) is 0 Å². The van der Waals surface area contributed by atoms with Crippen LogP contribution >= 0.6 is 15.9 Å². The lowest BCUT2D eigenvalue weighted by Crippen LogP contribution is -1.96. The maximum absolute atomic E-state index is 5.49. The average Bonchev–Trinajstić information content (AvgIpc) is 2.80. The number of aryl methyl sites for hydroxylation is 1. The topological polar surface area (TPSA) is 34.2 Å². The van der Waals surface area contributed by atoms with E-state index in [2.05, 4.69) is 32.3 Å². The summed E-state index contributed by atoms with van der Waals surface area (Å²) in [6.07, 6.45) is 2.78. The van der Waals surface area contributed by atoms with Crippen LogP contribution in [0.25, 0.3) is 0 Å². The first kappa shape index (κ1) is 11.5. The lowest BCUT2D eigenvalue weighted by atomic mass is 10.1. The minimum atomic E-state index is 0.786. The Kier molecular flexibility index (Phi) is 2.96. The van der Waals surface area contributed by atoms with Crippen molar-refractivity contribution in [1.82, 2.24) is 4.98 Å². The molecule has 3 rings (SSSR count). The molecule has 3 nitrogen and oxygen atoms in total. The number of nitrogens with zero attached hydrogens (tertiary/aromatic N) is 1. The van der Waals surface area contributed by atoms with Gasteiger partial charge in [0.1, 0.15) is 11.6 Å². The zero-order chi connectivity index (χ0) is 12.5. The van der Waals surface area contributed by atoms with Crippen LogP contribution in [-0.2, 0) is 6.42 Å². The molecule has 2 aromatic rings. The minimum Gasteiger partial charge on any atom is -0.493 e. The van der Waals surface area contributed by atoms with E-state index in [0.29, 0.717) is 0 Å². The number of rotatable bonds is 2. The number of fused-ring (bicyclic) bond motifs is 1. The van der Waals surface area contributed by atoms with Crippen molar-refractivity contribution in [2.45, 2.75) is 13.3 Å². The van der Waals surface area contributed by atoms with Gasteiger partial charge in [-0.3, -0.25) is 0 Å².